The van der Waals surface area contributed by atoms with Gasteiger partial charge in [-0.2, -0.15) is 0 Å². The molecule has 0 aliphatic carbocycles. The van der Waals surface area contributed by atoms with Gasteiger partial charge in [0.25, 0.3) is 0 Å². The summed E-state index contributed by atoms with van der Waals surface area (Å²) in [7, 11) is 0. The molecule has 168 valence electrons. The van der Waals surface area contributed by atoms with E-state index in [9.17, 15) is 9.59 Å². The van der Waals surface area contributed by atoms with E-state index in [0.29, 0.717) is 58.7 Å². The Kier molecular flexibility index (Phi) is 5.41. The number of likely N-dealkylation sites (tertiary alicyclic amines) is 1. The molecule has 0 saturated carbocycles. The molecule has 32 heavy (non-hydrogen) atoms. The molecular formula is C26H30N2O4. The summed E-state index contributed by atoms with van der Waals surface area (Å²) in [5.41, 5.74) is 2.14. The molecule has 1 atom stereocenters. The van der Waals surface area contributed by atoms with Crippen LogP contribution in [0.4, 0.5) is 4.79 Å². The Morgan fingerprint density at radius 1 is 0.969 bits per heavy atom. The van der Waals surface area contributed by atoms with E-state index >= 15 is 0 Å². The second kappa shape index (κ2) is 8.24. The Morgan fingerprint density at radius 3 is 2.41 bits per heavy atom. The molecule has 0 radical (unpaired) electrons. The van der Waals surface area contributed by atoms with Gasteiger partial charge in [0.15, 0.2) is 5.60 Å². The number of nitrogens with zero attached hydrogens (tertiary/aromatic N) is 2. The van der Waals surface area contributed by atoms with Gasteiger partial charge in [0.1, 0.15) is 0 Å². The molecule has 6 nitrogen and oxygen atoms in total. The molecule has 5 rings (SSSR count). The normalized spacial score (nSPS) is 24.7. The molecule has 0 aromatic heterocycles. The van der Waals surface area contributed by atoms with Crippen LogP contribution < -0.4 is 0 Å². The standard InChI is InChI=1S/C26H30N2O4/c1-20-7-9-22(10-8-20)26(12-15-31-16-13-26)23(29)27-14-11-25(18-27)19-28(24(30)32-25)17-21-5-3-2-4-6-21/h2-10H,11-19H2,1H3/t25-/m0/s1. The van der Waals surface area contributed by atoms with Crippen LogP contribution in [0.5, 0.6) is 0 Å². The average Bonchev–Trinajstić information content (AvgIpc) is 3.36. The van der Waals surface area contributed by atoms with Crippen LogP contribution >= 0.6 is 0 Å². The molecular weight excluding hydrogens is 404 g/mol. The minimum absolute atomic E-state index is 0.138. The van der Waals surface area contributed by atoms with Gasteiger partial charge in [-0.25, -0.2) is 4.79 Å². The third-order valence-electron chi connectivity index (χ3n) is 7.22. The maximum absolute atomic E-state index is 13.9. The Bertz CT molecular complexity index is 985. The van der Waals surface area contributed by atoms with Crippen LogP contribution in [0.1, 0.15) is 36.0 Å². The minimum Gasteiger partial charge on any atom is -0.439 e. The summed E-state index contributed by atoms with van der Waals surface area (Å²) in [6, 6.07) is 18.3. The van der Waals surface area contributed by atoms with E-state index in [-0.39, 0.29) is 12.0 Å². The first kappa shape index (κ1) is 21.0. The molecule has 2 amide bonds. The summed E-state index contributed by atoms with van der Waals surface area (Å²) < 4.78 is 11.5. The van der Waals surface area contributed by atoms with Crippen molar-refractivity contribution in [3.63, 3.8) is 0 Å². The van der Waals surface area contributed by atoms with E-state index in [4.69, 9.17) is 9.47 Å². The highest BCUT2D eigenvalue weighted by atomic mass is 16.6. The number of ether oxygens (including phenoxy) is 2. The van der Waals surface area contributed by atoms with Gasteiger partial charge in [0, 0.05) is 32.7 Å². The number of hydrogen-bond donors (Lipinski definition) is 0. The molecule has 3 fully saturated rings. The van der Waals surface area contributed by atoms with E-state index in [0.717, 1.165) is 11.1 Å². The van der Waals surface area contributed by atoms with Gasteiger partial charge in [0.05, 0.1) is 18.5 Å². The molecule has 0 unspecified atom stereocenters. The van der Waals surface area contributed by atoms with E-state index in [1.807, 2.05) is 35.2 Å². The lowest BCUT2D eigenvalue weighted by Crippen LogP contribution is -2.50. The second-order valence-electron chi connectivity index (χ2n) is 9.43. The maximum Gasteiger partial charge on any atom is 0.410 e. The summed E-state index contributed by atoms with van der Waals surface area (Å²) in [6.07, 6.45) is 1.75. The first-order valence-corrected chi connectivity index (χ1v) is 11.5. The second-order valence-corrected chi connectivity index (χ2v) is 9.43. The van der Waals surface area contributed by atoms with Gasteiger partial charge in [-0.15, -0.1) is 0 Å². The van der Waals surface area contributed by atoms with Gasteiger partial charge in [0.2, 0.25) is 5.91 Å². The first-order chi connectivity index (χ1) is 15.5. The van der Waals surface area contributed by atoms with Crippen LogP contribution in [0.15, 0.2) is 54.6 Å². The van der Waals surface area contributed by atoms with Crippen molar-refractivity contribution in [3.8, 4) is 0 Å². The lowest BCUT2D eigenvalue weighted by Gasteiger charge is -2.39. The molecule has 0 bridgehead atoms. The van der Waals surface area contributed by atoms with Crippen molar-refractivity contribution in [1.82, 2.24) is 9.80 Å². The zero-order valence-electron chi connectivity index (χ0n) is 18.6. The maximum atomic E-state index is 13.9. The lowest BCUT2D eigenvalue weighted by molar-refractivity contribution is -0.141. The van der Waals surface area contributed by atoms with Gasteiger partial charge in [-0.05, 0) is 30.9 Å². The fraction of sp³-hybridized carbons (Fsp3) is 0.462. The van der Waals surface area contributed by atoms with E-state index in [2.05, 4.69) is 31.2 Å². The topological polar surface area (TPSA) is 59.1 Å². The monoisotopic (exact) mass is 434 g/mol. The zero-order chi connectivity index (χ0) is 22.2. The summed E-state index contributed by atoms with van der Waals surface area (Å²) in [4.78, 5) is 30.2. The average molecular weight is 435 g/mol. The summed E-state index contributed by atoms with van der Waals surface area (Å²) in [6.45, 7) is 5.33. The minimum atomic E-state index is -0.610. The highest BCUT2D eigenvalue weighted by molar-refractivity contribution is 5.89. The number of carbonyl (C=O) groups is 2. The zero-order valence-corrected chi connectivity index (χ0v) is 18.6. The molecule has 1 spiro atoms. The summed E-state index contributed by atoms with van der Waals surface area (Å²) in [5, 5.41) is 0. The molecule has 3 aliphatic heterocycles. The van der Waals surface area contributed by atoms with Crippen molar-refractivity contribution >= 4 is 12.0 Å². The van der Waals surface area contributed by atoms with Crippen LogP contribution in [0.3, 0.4) is 0 Å². The van der Waals surface area contributed by atoms with Crippen molar-refractivity contribution in [2.24, 2.45) is 0 Å². The molecule has 3 aliphatic rings. The van der Waals surface area contributed by atoms with Crippen molar-refractivity contribution in [3.05, 3.63) is 71.3 Å². The lowest BCUT2D eigenvalue weighted by atomic mass is 9.73. The predicted octanol–water partition coefficient (Wildman–Crippen LogP) is 3.67. The smallest absolute Gasteiger partial charge is 0.410 e. The summed E-state index contributed by atoms with van der Waals surface area (Å²) >= 11 is 0. The van der Waals surface area contributed by atoms with Crippen LogP contribution in [0.2, 0.25) is 0 Å². The highest BCUT2D eigenvalue weighted by Gasteiger charge is 2.53. The molecule has 6 heteroatoms. The van der Waals surface area contributed by atoms with Crippen LogP contribution in [-0.2, 0) is 26.2 Å². The highest BCUT2D eigenvalue weighted by Crippen LogP contribution is 2.40. The van der Waals surface area contributed by atoms with Gasteiger partial charge in [-0.3, -0.25) is 9.69 Å². The summed E-state index contributed by atoms with van der Waals surface area (Å²) in [5.74, 6) is 0.138. The van der Waals surface area contributed by atoms with Crippen molar-refractivity contribution in [1.29, 1.82) is 0 Å². The number of amides is 2. The SMILES string of the molecule is Cc1ccc(C2(C(=O)N3CC[C@@]4(CN(Cc5ccccc5)C(=O)O4)C3)CCOCC2)cc1. The first-order valence-electron chi connectivity index (χ1n) is 11.5. The fourth-order valence-corrected chi connectivity index (χ4v) is 5.37. The Hall–Kier alpha value is -2.86. The van der Waals surface area contributed by atoms with E-state index in [1.165, 1.54) is 5.56 Å². The number of benzene rings is 2. The van der Waals surface area contributed by atoms with E-state index < -0.39 is 11.0 Å². The molecule has 2 aromatic rings. The van der Waals surface area contributed by atoms with Crippen LogP contribution in [0.25, 0.3) is 0 Å². The molecule has 3 heterocycles. The van der Waals surface area contributed by atoms with Crippen LogP contribution in [0, 0.1) is 6.92 Å². The molecule has 2 aromatic carbocycles. The Labute approximate surface area is 189 Å². The largest absolute Gasteiger partial charge is 0.439 e. The van der Waals surface area contributed by atoms with Crippen molar-refractivity contribution < 1.29 is 19.1 Å². The quantitative estimate of drug-likeness (QED) is 0.737. The van der Waals surface area contributed by atoms with Crippen molar-refractivity contribution in [2.75, 3.05) is 32.8 Å². The van der Waals surface area contributed by atoms with Crippen molar-refractivity contribution in [2.45, 2.75) is 43.7 Å². The fourth-order valence-electron chi connectivity index (χ4n) is 5.37. The van der Waals surface area contributed by atoms with Crippen LogP contribution in [-0.4, -0.2) is 60.2 Å². The third kappa shape index (κ3) is 3.77. The Balaban J connectivity index is 1.33. The van der Waals surface area contributed by atoms with Gasteiger partial charge >= 0.3 is 6.09 Å². The van der Waals surface area contributed by atoms with E-state index in [1.54, 1.807) is 4.90 Å². The van der Waals surface area contributed by atoms with Gasteiger partial charge < -0.3 is 14.4 Å². The number of rotatable bonds is 4. The number of hydrogen-bond acceptors (Lipinski definition) is 4. The molecule has 3 saturated heterocycles. The molecule has 0 N–H and O–H groups in total. The third-order valence-corrected chi connectivity index (χ3v) is 7.22. The van der Waals surface area contributed by atoms with Gasteiger partial charge in [-0.1, -0.05) is 60.2 Å². The number of aryl methyl sites for hydroxylation is 1. The Morgan fingerprint density at radius 2 is 1.69 bits per heavy atom. The predicted molar refractivity (Wildman–Crippen MR) is 120 cm³/mol. The number of carbonyl (C=O) groups excluding carboxylic acids is 2.